The van der Waals surface area contributed by atoms with E-state index in [1.807, 2.05) is 11.0 Å². The average molecular weight is 558 g/mol. The van der Waals surface area contributed by atoms with E-state index in [2.05, 4.69) is 53.4 Å². The van der Waals surface area contributed by atoms with Crippen molar-refractivity contribution < 1.29 is 9.53 Å². The van der Waals surface area contributed by atoms with E-state index < -0.39 is 0 Å². The number of hydrogen-bond donors (Lipinski definition) is 1. The molecule has 0 spiro atoms. The molecule has 0 aromatic heterocycles. The fourth-order valence-corrected chi connectivity index (χ4v) is 4.26. The summed E-state index contributed by atoms with van der Waals surface area (Å²) < 4.78 is 5.46. The maximum Gasteiger partial charge on any atom is 0.224 e. The fraction of sp³-hybridized carbons (Fsp3) is 0.667. The number of carbonyl (C=O) groups excluding carboxylic acids is 1. The lowest BCUT2D eigenvalue weighted by Crippen LogP contribution is -2.49. The highest BCUT2D eigenvalue weighted by atomic mass is 127. The first-order chi connectivity index (χ1) is 15.2. The van der Waals surface area contributed by atoms with Crippen molar-refractivity contribution in [3.05, 3.63) is 30.3 Å². The van der Waals surface area contributed by atoms with Crippen LogP contribution in [0.2, 0.25) is 0 Å². The van der Waals surface area contributed by atoms with E-state index in [1.165, 1.54) is 5.69 Å². The molecule has 2 aliphatic rings. The number of nitrogens with one attached hydrogen (secondary N) is 1. The van der Waals surface area contributed by atoms with Gasteiger partial charge in [0.25, 0.3) is 0 Å². The van der Waals surface area contributed by atoms with Crippen LogP contribution in [0.5, 0.6) is 0 Å². The number of guanidine groups is 1. The highest BCUT2D eigenvalue weighted by Gasteiger charge is 2.21. The van der Waals surface area contributed by atoms with Gasteiger partial charge in [-0.3, -0.25) is 9.79 Å². The summed E-state index contributed by atoms with van der Waals surface area (Å²) in [5.74, 6) is 1.85. The third-order valence-electron chi connectivity index (χ3n) is 6.25. The maximum absolute atomic E-state index is 12.7. The second-order valence-corrected chi connectivity index (χ2v) is 8.46. The fourth-order valence-electron chi connectivity index (χ4n) is 4.26. The number of amides is 1. The normalized spacial score (nSPS) is 17.6. The zero-order valence-electron chi connectivity index (χ0n) is 19.7. The van der Waals surface area contributed by atoms with Gasteiger partial charge in [-0.05, 0) is 44.2 Å². The van der Waals surface area contributed by atoms with Crippen LogP contribution in [-0.2, 0) is 9.53 Å². The number of rotatable bonds is 8. The lowest BCUT2D eigenvalue weighted by molar-refractivity contribution is -0.131. The molecule has 0 atom stereocenters. The van der Waals surface area contributed by atoms with Gasteiger partial charge in [0, 0.05) is 71.6 Å². The molecule has 3 rings (SSSR count). The summed E-state index contributed by atoms with van der Waals surface area (Å²) in [4.78, 5) is 23.9. The van der Waals surface area contributed by atoms with Gasteiger partial charge in [-0.15, -0.1) is 24.0 Å². The molecule has 0 bridgehead atoms. The van der Waals surface area contributed by atoms with Crippen molar-refractivity contribution in [2.75, 3.05) is 71.0 Å². The molecular weight excluding hydrogens is 517 g/mol. The van der Waals surface area contributed by atoms with E-state index in [0.29, 0.717) is 13.0 Å². The average Bonchev–Trinajstić information content (AvgIpc) is 2.83. The summed E-state index contributed by atoms with van der Waals surface area (Å²) >= 11 is 0. The van der Waals surface area contributed by atoms with Gasteiger partial charge in [0.05, 0.1) is 6.54 Å². The molecule has 7 nitrogen and oxygen atoms in total. The third kappa shape index (κ3) is 8.42. The standard InChI is InChI=1S/C24H39N5O2.HI/c1-3-25-24(27(2)14-10-21-11-19-31-20-12-21)26-13-9-23(30)29-17-15-28(16-18-29)22-7-5-4-6-8-22;/h4-8,21H,3,9-20H2,1-2H3,(H,25,26);1H. The lowest BCUT2D eigenvalue weighted by atomic mass is 9.96. The van der Waals surface area contributed by atoms with Crippen LogP contribution in [0.4, 0.5) is 5.69 Å². The first kappa shape index (κ1) is 26.7. The van der Waals surface area contributed by atoms with Crippen LogP contribution in [0.1, 0.15) is 32.6 Å². The minimum Gasteiger partial charge on any atom is -0.381 e. The number of carbonyl (C=O) groups is 1. The molecule has 32 heavy (non-hydrogen) atoms. The third-order valence-corrected chi connectivity index (χ3v) is 6.25. The van der Waals surface area contributed by atoms with Crippen molar-refractivity contribution in [2.24, 2.45) is 10.9 Å². The summed E-state index contributed by atoms with van der Waals surface area (Å²) in [5.41, 5.74) is 1.23. The van der Waals surface area contributed by atoms with Crippen molar-refractivity contribution in [3.8, 4) is 0 Å². The van der Waals surface area contributed by atoms with Crippen molar-refractivity contribution >= 4 is 41.5 Å². The number of aliphatic imine (C=N–C) groups is 1. The maximum atomic E-state index is 12.7. The Labute approximate surface area is 210 Å². The predicted molar refractivity (Wildman–Crippen MR) is 142 cm³/mol. The van der Waals surface area contributed by atoms with Gasteiger partial charge in [0.15, 0.2) is 5.96 Å². The molecule has 2 heterocycles. The number of ether oxygens (including phenoxy) is 1. The molecule has 1 N–H and O–H groups in total. The van der Waals surface area contributed by atoms with E-state index in [1.54, 1.807) is 0 Å². The zero-order chi connectivity index (χ0) is 21.9. The first-order valence-electron chi connectivity index (χ1n) is 11.8. The summed E-state index contributed by atoms with van der Waals surface area (Å²) in [6.45, 7) is 9.54. The molecule has 180 valence electrons. The quantitative estimate of drug-likeness (QED) is 0.303. The molecule has 2 fully saturated rings. The van der Waals surface area contributed by atoms with Crippen LogP contribution in [0.25, 0.3) is 0 Å². The number of anilines is 1. The monoisotopic (exact) mass is 557 g/mol. The summed E-state index contributed by atoms with van der Waals surface area (Å²) in [6, 6.07) is 10.4. The van der Waals surface area contributed by atoms with Crippen LogP contribution in [0, 0.1) is 5.92 Å². The van der Waals surface area contributed by atoms with Gasteiger partial charge in [0.1, 0.15) is 0 Å². The number of para-hydroxylation sites is 1. The largest absolute Gasteiger partial charge is 0.381 e. The number of hydrogen-bond acceptors (Lipinski definition) is 4. The summed E-state index contributed by atoms with van der Waals surface area (Å²) in [6.07, 6.45) is 3.95. The Morgan fingerprint density at radius 2 is 1.84 bits per heavy atom. The number of nitrogens with zero attached hydrogens (tertiary/aromatic N) is 4. The molecule has 1 amide bonds. The van der Waals surface area contributed by atoms with E-state index >= 15 is 0 Å². The molecule has 2 aliphatic heterocycles. The Bertz CT molecular complexity index is 689. The van der Waals surface area contributed by atoms with Gasteiger partial charge in [-0.25, -0.2) is 0 Å². The minimum atomic E-state index is 0. The van der Waals surface area contributed by atoms with E-state index in [-0.39, 0.29) is 29.9 Å². The highest BCUT2D eigenvalue weighted by Crippen LogP contribution is 2.18. The molecule has 2 saturated heterocycles. The number of piperazine rings is 1. The van der Waals surface area contributed by atoms with E-state index in [4.69, 9.17) is 9.73 Å². The smallest absolute Gasteiger partial charge is 0.224 e. The van der Waals surface area contributed by atoms with Crippen molar-refractivity contribution in [2.45, 2.75) is 32.6 Å². The van der Waals surface area contributed by atoms with Crippen LogP contribution in [-0.4, -0.2) is 87.7 Å². The van der Waals surface area contributed by atoms with E-state index in [9.17, 15) is 4.79 Å². The predicted octanol–water partition coefficient (Wildman–Crippen LogP) is 3.06. The Morgan fingerprint density at radius 1 is 1.16 bits per heavy atom. The van der Waals surface area contributed by atoms with Crippen LogP contribution < -0.4 is 10.2 Å². The van der Waals surface area contributed by atoms with Crippen molar-refractivity contribution in [3.63, 3.8) is 0 Å². The van der Waals surface area contributed by atoms with Gasteiger partial charge in [0.2, 0.25) is 5.91 Å². The van der Waals surface area contributed by atoms with Gasteiger partial charge in [-0.1, -0.05) is 18.2 Å². The van der Waals surface area contributed by atoms with Crippen LogP contribution in [0.3, 0.4) is 0 Å². The molecule has 0 aliphatic carbocycles. The Morgan fingerprint density at radius 3 is 2.50 bits per heavy atom. The van der Waals surface area contributed by atoms with Crippen LogP contribution in [0.15, 0.2) is 35.3 Å². The molecule has 8 heteroatoms. The van der Waals surface area contributed by atoms with Gasteiger partial charge in [-0.2, -0.15) is 0 Å². The minimum absolute atomic E-state index is 0. The molecule has 0 unspecified atom stereocenters. The Balaban J connectivity index is 0.00000363. The summed E-state index contributed by atoms with van der Waals surface area (Å²) in [5, 5.41) is 3.37. The number of halogens is 1. The second kappa shape index (κ2) is 14.6. The SMILES string of the molecule is CCNC(=NCCC(=O)N1CCN(c2ccccc2)CC1)N(C)CCC1CCOCC1.I. The Hall–Kier alpha value is -1.55. The van der Waals surface area contributed by atoms with Gasteiger partial charge < -0.3 is 24.8 Å². The first-order valence-corrected chi connectivity index (χ1v) is 11.8. The van der Waals surface area contributed by atoms with Crippen molar-refractivity contribution in [1.82, 2.24) is 15.1 Å². The van der Waals surface area contributed by atoms with Gasteiger partial charge >= 0.3 is 0 Å². The second-order valence-electron chi connectivity index (χ2n) is 8.46. The zero-order valence-corrected chi connectivity index (χ0v) is 22.0. The van der Waals surface area contributed by atoms with Crippen molar-refractivity contribution in [1.29, 1.82) is 0 Å². The molecule has 1 aromatic rings. The van der Waals surface area contributed by atoms with E-state index in [0.717, 1.165) is 83.6 Å². The number of benzene rings is 1. The summed E-state index contributed by atoms with van der Waals surface area (Å²) in [7, 11) is 2.09. The lowest BCUT2D eigenvalue weighted by Gasteiger charge is -2.36. The van der Waals surface area contributed by atoms with Crippen LogP contribution >= 0.6 is 24.0 Å². The Kier molecular flexibility index (Phi) is 12.2. The topological polar surface area (TPSA) is 60.4 Å². The highest BCUT2D eigenvalue weighted by molar-refractivity contribution is 14.0. The molecular formula is C24H40IN5O2. The molecule has 0 saturated carbocycles. The molecule has 0 radical (unpaired) electrons. The molecule has 1 aromatic carbocycles.